The van der Waals surface area contributed by atoms with Crippen molar-refractivity contribution in [2.24, 2.45) is 46.6 Å². The smallest absolute Gasteiger partial charge is 0.0326 e. The van der Waals surface area contributed by atoms with Crippen molar-refractivity contribution in [1.29, 1.82) is 0 Å². The molecule has 4 nitrogen and oxygen atoms in total. The number of rotatable bonds is 0. The van der Waals surface area contributed by atoms with E-state index in [1.807, 2.05) is 0 Å². The highest BCUT2D eigenvalue weighted by Gasteiger charge is 2.28. The molecule has 0 saturated carbocycles. The number of nitrogens with two attached hydrogens (primary N) is 4. The van der Waals surface area contributed by atoms with Crippen LogP contribution in [0.5, 0.6) is 0 Å². The van der Waals surface area contributed by atoms with Crippen LogP contribution >= 0.6 is 0 Å². The van der Waals surface area contributed by atoms with Crippen molar-refractivity contribution < 1.29 is 0 Å². The lowest BCUT2D eigenvalue weighted by molar-refractivity contribution is 0.513. The third-order valence-corrected chi connectivity index (χ3v) is 11.3. The standard InChI is InChI=1S/4C11H15N/c4*1-7-3-4-9-6-8(2)11(12)10(9)5-7/h4*3-5,8,11H,6,12H2,1-2H3/t2*8-,11+;2*8-,11-/m1010/s1. The van der Waals surface area contributed by atoms with E-state index in [0.717, 1.165) is 25.7 Å². The fraction of sp³-hybridized carbons (Fsp3) is 0.455. The Bertz CT molecular complexity index is 1470. The van der Waals surface area contributed by atoms with Crippen LogP contribution < -0.4 is 22.9 Å². The summed E-state index contributed by atoms with van der Waals surface area (Å²) in [5.74, 6) is 2.45. The first-order valence-electron chi connectivity index (χ1n) is 18.1. The van der Waals surface area contributed by atoms with Gasteiger partial charge in [-0.25, -0.2) is 0 Å². The van der Waals surface area contributed by atoms with Crippen molar-refractivity contribution in [2.75, 3.05) is 0 Å². The van der Waals surface area contributed by atoms with E-state index in [1.54, 1.807) is 0 Å². The zero-order valence-electron chi connectivity index (χ0n) is 30.7. The molecule has 0 heterocycles. The van der Waals surface area contributed by atoms with Crippen molar-refractivity contribution in [2.45, 2.75) is 105 Å². The molecule has 0 aliphatic heterocycles. The first-order valence-corrected chi connectivity index (χ1v) is 18.1. The molecule has 0 aromatic heterocycles. The number of aryl methyl sites for hydroxylation is 4. The molecule has 8 N–H and O–H groups in total. The van der Waals surface area contributed by atoms with Crippen LogP contribution in [0.15, 0.2) is 72.8 Å². The van der Waals surface area contributed by atoms with Gasteiger partial charge in [0.1, 0.15) is 0 Å². The van der Waals surface area contributed by atoms with Gasteiger partial charge < -0.3 is 22.9 Å². The van der Waals surface area contributed by atoms with Crippen LogP contribution in [0.25, 0.3) is 0 Å². The second kappa shape index (κ2) is 15.1. The van der Waals surface area contributed by atoms with E-state index in [9.17, 15) is 0 Å². The summed E-state index contributed by atoms with van der Waals surface area (Å²) in [6.07, 6.45) is 4.60. The lowest BCUT2D eigenvalue weighted by atomic mass is 10.0. The molecular weight excluding hydrogens is 585 g/mol. The van der Waals surface area contributed by atoms with Crippen molar-refractivity contribution in [3.05, 3.63) is 140 Å². The monoisotopic (exact) mass is 644 g/mol. The van der Waals surface area contributed by atoms with Crippen LogP contribution in [0, 0.1) is 51.4 Å². The second-order valence-corrected chi connectivity index (χ2v) is 15.6. The average molecular weight is 645 g/mol. The molecule has 256 valence electrons. The van der Waals surface area contributed by atoms with Gasteiger partial charge in [0.2, 0.25) is 0 Å². The Hall–Kier alpha value is -3.28. The number of benzene rings is 4. The summed E-state index contributed by atoms with van der Waals surface area (Å²) in [6, 6.07) is 27.5. The fourth-order valence-corrected chi connectivity index (χ4v) is 7.96. The van der Waals surface area contributed by atoms with Crippen LogP contribution in [-0.2, 0) is 25.7 Å². The van der Waals surface area contributed by atoms with Gasteiger partial charge in [-0.15, -0.1) is 0 Å². The molecule has 4 aromatic carbocycles. The molecule has 0 unspecified atom stereocenters. The van der Waals surface area contributed by atoms with Crippen molar-refractivity contribution >= 4 is 0 Å². The third kappa shape index (κ3) is 7.95. The van der Waals surface area contributed by atoms with Gasteiger partial charge in [-0.05, 0) is 122 Å². The van der Waals surface area contributed by atoms with Gasteiger partial charge >= 0.3 is 0 Å². The first-order chi connectivity index (χ1) is 22.7. The summed E-state index contributed by atoms with van der Waals surface area (Å²) < 4.78 is 0. The largest absolute Gasteiger partial charge is 0.324 e. The molecule has 0 fully saturated rings. The van der Waals surface area contributed by atoms with Gasteiger partial charge in [-0.3, -0.25) is 0 Å². The van der Waals surface area contributed by atoms with Crippen LogP contribution in [0.4, 0.5) is 0 Å². The Morgan fingerprint density at radius 3 is 0.729 bits per heavy atom. The Balaban J connectivity index is 0.000000125. The lowest BCUT2D eigenvalue weighted by Gasteiger charge is -2.09. The maximum absolute atomic E-state index is 6.06. The summed E-state index contributed by atoms with van der Waals surface area (Å²) in [6.45, 7) is 17.4. The Labute approximate surface area is 290 Å². The van der Waals surface area contributed by atoms with Crippen LogP contribution in [0.3, 0.4) is 0 Å². The average Bonchev–Trinajstić information content (AvgIpc) is 3.71. The fourth-order valence-electron chi connectivity index (χ4n) is 7.96. The topological polar surface area (TPSA) is 104 Å². The minimum Gasteiger partial charge on any atom is -0.324 e. The van der Waals surface area contributed by atoms with Gasteiger partial charge in [0, 0.05) is 24.2 Å². The van der Waals surface area contributed by atoms with Crippen molar-refractivity contribution in [3.8, 4) is 0 Å². The minimum atomic E-state index is 0.264. The highest BCUT2D eigenvalue weighted by atomic mass is 14.7. The van der Waals surface area contributed by atoms with Crippen LogP contribution in [0.2, 0.25) is 0 Å². The Morgan fingerprint density at radius 2 is 0.542 bits per heavy atom. The normalized spacial score (nSPS) is 27.2. The Kier molecular flexibility index (Phi) is 11.3. The predicted molar refractivity (Wildman–Crippen MR) is 204 cm³/mol. The van der Waals surface area contributed by atoms with Gasteiger partial charge in [-0.2, -0.15) is 0 Å². The molecule has 0 spiro atoms. The van der Waals surface area contributed by atoms with Crippen LogP contribution in [0.1, 0.15) is 119 Å². The van der Waals surface area contributed by atoms with Gasteiger partial charge in [0.05, 0.1) is 0 Å². The van der Waals surface area contributed by atoms with E-state index < -0.39 is 0 Å². The van der Waals surface area contributed by atoms with Gasteiger partial charge in [0.25, 0.3) is 0 Å². The SMILES string of the molecule is Cc1ccc2c(c1)[C@@H](N)[C@@H](C)C2.Cc1ccc2c(c1)[C@@H](N)[C@H](C)C2.Cc1ccc2c(c1)[C@H](N)[C@@H](C)C2.Cc1ccc2c(c1)[C@H](N)[C@H](C)C2. The first kappa shape index (κ1) is 36.0. The quantitative estimate of drug-likeness (QED) is 0.154. The lowest BCUT2D eigenvalue weighted by Crippen LogP contribution is -2.13. The Morgan fingerprint density at radius 1 is 0.354 bits per heavy atom. The van der Waals surface area contributed by atoms with E-state index in [2.05, 4.69) is 128 Å². The zero-order chi connectivity index (χ0) is 34.9. The van der Waals surface area contributed by atoms with E-state index in [-0.39, 0.29) is 24.2 Å². The molecule has 4 heteroatoms. The molecule has 0 amide bonds. The molecule has 8 atom stereocenters. The molecule has 0 saturated heterocycles. The number of fused-ring (bicyclic) bond motifs is 4. The molecule has 8 rings (SSSR count). The number of hydrogen-bond acceptors (Lipinski definition) is 4. The van der Waals surface area contributed by atoms with E-state index in [1.165, 1.54) is 66.8 Å². The van der Waals surface area contributed by atoms with E-state index >= 15 is 0 Å². The summed E-state index contributed by atoms with van der Waals surface area (Å²) in [4.78, 5) is 0. The van der Waals surface area contributed by atoms with Crippen molar-refractivity contribution in [3.63, 3.8) is 0 Å². The third-order valence-electron chi connectivity index (χ3n) is 11.3. The number of hydrogen-bond donors (Lipinski definition) is 4. The summed E-state index contributed by atoms with van der Waals surface area (Å²) in [5.41, 5.74) is 40.7. The summed E-state index contributed by atoms with van der Waals surface area (Å²) in [7, 11) is 0. The minimum absolute atomic E-state index is 0.264. The van der Waals surface area contributed by atoms with Crippen molar-refractivity contribution in [1.82, 2.24) is 0 Å². The predicted octanol–water partition coefficient (Wildman–Crippen LogP) is 8.75. The summed E-state index contributed by atoms with van der Waals surface area (Å²) in [5, 5.41) is 0. The summed E-state index contributed by atoms with van der Waals surface area (Å²) >= 11 is 0. The van der Waals surface area contributed by atoms with E-state index in [0.29, 0.717) is 23.7 Å². The molecule has 0 radical (unpaired) electrons. The molecular formula is C44H60N4. The maximum atomic E-state index is 6.06. The molecule has 4 aliphatic rings. The molecule has 48 heavy (non-hydrogen) atoms. The second-order valence-electron chi connectivity index (χ2n) is 15.6. The zero-order valence-corrected chi connectivity index (χ0v) is 30.7. The highest BCUT2D eigenvalue weighted by Crippen LogP contribution is 2.37. The molecule has 4 aromatic rings. The highest BCUT2D eigenvalue weighted by molar-refractivity contribution is 5.41. The van der Waals surface area contributed by atoms with Crippen LogP contribution in [-0.4, -0.2) is 0 Å². The van der Waals surface area contributed by atoms with E-state index in [4.69, 9.17) is 22.9 Å². The van der Waals surface area contributed by atoms with Gasteiger partial charge in [0.15, 0.2) is 0 Å². The molecule has 0 bridgehead atoms. The maximum Gasteiger partial charge on any atom is 0.0326 e. The molecule has 4 aliphatic carbocycles. The van der Waals surface area contributed by atoms with Gasteiger partial charge in [-0.1, -0.05) is 123 Å².